The zero-order valence-corrected chi connectivity index (χ0v) is 11.5. The van der Waals surface area contributed by atoms with Crippen molar-refractivity contribution in [3.63, 3.8) is 0 Å². The highest BCUT2D eigenvalue weighted by atomic mass is 19.3. The molecule has 0 unspecified atom stereocenters. The molecule has 3 rings (SSSR count). The number of ether oxygens (including phenoxy) is 1. The Kier molecular flexibility index (Phi) is 4.08. The van der Waals surface area contributed by atoms with E-state index in [2.05, 4.69) is 9.64 Å². The first-order valence-corrected chi connectivity index (χ1v) is 7.22. The van der Waals surface area contributed by atoms with Crippen molar-refractivity contribution in [1.82, 2.24) is 4.90 Å². The lowest BCUT2D eigenvalue weighted by Gasteiger charge is -2.41. The molecule has 1 aromatic carbocycles. The molecular weight excluding hydrogens is 283 g/mol. The average Bonchev–Trinajstić information content (AvgIpc) is 2.82. The van der Waals surface area contributed by atoms with E-state index in [1.54, 1.807) is 0 Å². The Morgan fingerprint density at radius 2 is 2.00 bits per heavy atom. The van der Waals surface area contributed by atoms with Crippen molar-refractivity contribution in [2.75, 3.05) is 6.54 Å². The SMILES string of the molecule is OC1CC(N2CCC[C@@H]2c2cc(F)cc(OC(F)F)c2)C1. The lowest BCUT2D eigenvalue weighted by Crippen LogP contribution is -2.46. The van der Waals surface area contributed by atoms with Crippen LogP contribution in [0, 0.1) is 5.82 Å². The molecule has 1 atom stereocenters. The van der Waals surface area contributed by atoms with Crippen molar-refractivity contribution in [1.29, 1.82) is 0 Å². The maximum Gasteiger partial charge on any atom is 0.387 e. The zero-order valence-electron chi connectivity index (χ0n) is 11.5. The Balaban J connectivity index is 1.80. The fourth-order valence-corrected chi connectivity index (χ4v) is 3.36. The van der Waals surface area contributed by atoms with Gasteiger partial charge in [0.15, 0.2) is 0 Å². The summed E-state index contributed by atoms with van der Waals surface area (Å²) in [5.74, 6) is -0.705. The molecule has 2 aliphatic rings. The second-order valence-corrected chi connectivity index (χ2v) is 5.77. The molecule has 0 aromatic heterocycles. The van der Waals surface area contributed by atoms with E-state index >= 15 is 0 Å². The molecule has 1 heterocycles. The first-order valence-electron chi connectivity index (χ1n) is 7.22. The molecule has 1 saturated carbocycles. The number of aliphatic hydroxyl groups is 1. The molecule has 1 saturated heterocycles. The molecule has 0 spiro atoms. The number of halogens is 3. The van der Waals surface area contributed by atoms with Gasteiger partial charge >= 0.3 is 6.61 Å². The third kappa shape index (κ3) is 3.16. The second kappa shape index (κ2) is 5.85. The maximum atomic E-state index is 13.6. The number of nitrogens with zero attached hydrogens (tertiary/aromatic N) is 1. The van der Waals surface area contributed by atoms with Gasteiger partial charge in [-0.25, -0.2) is 4.39 Å². The Labute approximate surface area is 121 Å². The van der Waals surface area contributed by atoms with E-state index in [0.717, 1.165) is 38.3 Å². The second-order valence-electron chi connectivity index (χ2n) is 5.77. The summed E-state index contributed by atoms with van der Waals surface area (Å²) in [5.41, 5.74) is 0.671. The van der Waals surface area contributed by atoms with Crippen LogP contribution >= 0.6 is 0 Å². The largest absolute Gasteiger partial charge is 0.435 e. The van der Waals surface area contributed by atoms with Crippen LogP contribution in [0.4, 0.5) is 13.2 Å². The highest BCUT2D eigenvalue weighted by molar-refractivity contribution is 5.32. The molecule has 0 radical (unpaired) electrons. The number of hydrogen-bond donors (Lipinski definition) is 1. The Bertz CT molecular complexity index is 506. The Morgan fingerprint density at radius 1 is 1.24 bits per heavy atom. The van der Waals surface area contributed by atoms with Gasteiger partial charge in [0.1, 0.15) is 11.6 Å². The number of hydrogen-bond acceptors (Lipinski definition) is 3. The molecule has 3 nitrogen and oxygen atoms in total. The lowest BCUT2D eigenvalue weighted by molar-refractivity contribution is -0.0502. The van der Waals surface area contributed by atoms with Crippen molar-refractivity contribution in [3.05, 3.63) is 29.6 Å². The van der Waals surface area contributed by atoms with Crippen LogP contribution in [0.25, 0.3) is 0 Å². The Morgan fingerprint density at radius 3 is 2.67 bits per heavy atom. The summed E-state index contributed by atoms with van der Waals surface area (Å²) in [7, 11) is 0. The molecule has 116 valence electrons. The molecule has 0 amide bonds. The minimum absolute atomic E-state index is 0.0122. The van der Waals surface area contributed by atoms with E-state index in [4.69, 9.17) is 0 Å². The van der Waals surface area contributed by atoms with E-state index in [1.807, 2.05) is 0 Å². The fraction of sp³-hybridized carbons (Fsp3) is 0.600. The molecule has 1 aliphatic carbocycles. The molecule has 6 heteroatoms. The highest BCUT2D eigenvalue weighted by Crippen LogP contribution is 2.40. The van der Waals surface area contributed by atoms with Gasteiger partial charge in [-0.2, -0.15) is 8.78 Å². The van der Waals surface area contributed by atoms with Crippen LogP contribution in [0.3, 0.4) is 0 Å². The summed E-state index contributed by atoms with van der Waals surface area (Å²) in [6.07, 6.45) is 3.06. The normalized spacial score (nSPS) is 29.7. The summed E-state index contributed by atoms with van der Waals surface area (Å²) in [4.78, 5) is 2.24. The third-order valence-electron chi connectivity index (χ3n) is 4.36. The topological polar surface area (TPSA) is 32.7 Å². The monoisotopic (exact) mass is 301 g/mol. The van der Waals surface area contributed by atoms with Gasteiger partial charge in [-0.1, -0.05) is 0 Å². The number of aliphatic hydroxyl groups excluding tert-OH is 1. The lowest BCUT2D eigenvalue weighted by atomic mass is 9.87. The first kappa shape index (κ1) is 14.7. The van der Waals surface area contributed by atoms with Crippen LogP contribution in [0.5, 0.6) is 5.75 Å². The first-order chi connectivity index (χ1) is 10.0. The van der Waals surface area contributed by atoms with Crippen molar-refractivity contribution in [2.45, 2.75) is 50.5 Å². The molecule has 1 aromatic rings. The van der Waals surface area contributed by atoms with Gasteiger partial charge in [0.25, 0.3) is 0 Å². The summed E-state index contributed by atoms with van der Waals surface area (Å²) in [5, 5.41) is 9.43. The highest BCUT2D eigenvalue weighted by Gasteiger charge is 2.38. The third-order valence-corrected chi connectivity index (χ3v) is 4.36. The quantitative estimate of drug-likeness (QED) is 0.927. The van der Waals surface area contributed by atoms with E-state index in [1.165, 1.54) is 12.1 Å². The number of rotatable bonds is 4. The van der Waals surface area contributed by atoms with Crippen LogP contribution in [-0.4, -0.2) is 35.3 Å². The van der Waals surface area contributed by atoms with Gasteiger partial charge in [-0.3, -0.25) is 4.90 Å². The zero-order chi connectivity index (χ0) is 15.0. The van der Waals surface area contributed by atoms with Crippen molar-refractivity contribution in [3.8, 4) is 5.75 Å². The van der Waals surface area contributed by atoms with Crippen molar-refractivity contribution >= 4 is 0 Å². The molecule has 0 bridgehead atoms. The van der Waals surface area contributed by atoms with Crippen molar-refractivity contribution < 1.29 is 23.0 Å². The van der Waals surface area contributed by atoms with Gasteiger partial charge in [0.05, 0.1) is 6.10 Å². The van der Waals surface area contributed by atoms with Crippen LogP contribution in [0.1, 0.15) is 37.3 Å². The molecule has 1 N–H and O–H groups in total. The van der Waals surface area contributed by atoms with E-state index in [0.29, 0.717) is 11.6 Å². The predicted octanol–water partition coefficient (Wildman–Crippen LogP) is 3.09. The van der Waals surface area contributed by atoms with E-state index in [9.17, 15) is 18.3 Å². The summed E-state index contributed by atoms with van der Waals surface area (Å²) in [6, 6.07) is 4.17. The maximum absolute atomic E-state index is 13.6. The molecule has 1 aliphatic heterocycles. The van der Waals surface area contributed by atoms with Crippen LogP contribution in [-0.2, 0) is 0 Å². The minimum atomic E-state index is -2.96. The summed E-state index contributed by atoms with van der Waals surface area (Å²) >= 11 is 0. The minimum Gasteiger partial charge on any atom is -0.435 e. The predicted molar refractivity (Wildman–Crippen MR) is 70.7 cm³/mol. The van der Waals surface area contributed by atoms with Gasteiger partial charge in [-0.05, 0) is 49.9 Å². The van der Waals surface area contributed by atoms with E-state index < -0.39 is 12.4 Å². The summed E-state index contributed by atoms with van der Waals surface area (Å²) < 4.78 is 42.5. The summed E-state index contributed by atoms with van der Waals surface area (Å²) in [6.45, 7) is -2.06. The average molecular weight is 301 g/mol. The standard InChI is InChI=1S/C15H18F3NO2/c16-10-4-9(5-13(6-10)21-15(17)18)14-2-1-3-19(14)11-7-12(20)8-11/h4-6,11-12,14-15,20H,1-3,7-8H2/t11?,12?,14-/m1/s1. The van der Waals surface area contributed by atoms with Gasteiger partial charge < -0.3 is 9.84 Å². The molecule has 2 fully saturated rings. The molecular formula is C15H18F3NO2. The smallest absolute Gasteiger partial charge is 0.387 e. The van der Waals surface area contributed by atoms with Crippen LogP contribution in [0.2, 0.25) is 0 Å². The van der Waals surface area contributed by atoms with Gasteiger partial charge in [0.2, 0.25) is 0 Å². The van der Waals surface area contributed by atoms with Crippen molar-refractivity contribution in [2.24, 2.45) is 0 Å². The Hall–Kier alpha value is -1.27. The van der Waals surface area contributed by atoms with Crippen LogP contribution < -0.4 is 4.74 Å². The number of benzene rings is 1. The fourth-order valence-electron chi connectivity index (χ4n) is 3.36. The van der Waals surface area contributed by atoms with Crippen LogP contribution in [0.15, 0.2) is 18.2 Å². The van der Waals surface area contributed by atoms with Gasteiger partial charge in [0, 0.05) is 18.2 Å². The molecule has 21 heavy (non-hydrogen) atoms. The number of alkyl halides is 2. The van der Waals surface area contributed by atoms with E-state index in [-0.39, 0.29) is 17.9 Å². The number of likely N-dealkylation sites (tertiary alicyclic amines) is 1. The van der Waals surface area contributed by atoms with Gasteiger partial charge in [-0.15, -0.1) is 0 Å².